The van der Waals surface area contributed by atoms with Crippen molar-refractivity contribution in [1.82, 2.24) is 10.2 Å². The molecule has 20 heavy (non-hydrogen) atoms. The molecule has 1 atom stereocenters. The monoisotopic (exact) mass is 380 g/mol. The van der Waals surface area contributed by atoms with E-state index in [1.807, 2.05) is 0 Å². The van der Waals surface area contributed by atoms with Gasteiger partial charge in [0, 0.05) is 36.7 Å². The molecule has 1 saturated carbocycles. The first-order chi connectivity index (χ1) is 8.86. The van der Waals surface area contributed by atoms with E-state index in [4.69, 9.17) is 0 Å². The Morgan fingerprint density at radius 2 is 1.75 bits per heavy atom. The summed E-state index contributed by atoms with van der Waals surface area (Å²) < 4.78 is 1.28. The summed E-state index contributed by atoms with van der Waals surface area (Å²) in [5, 5.41) is 3.46. The maximum absolute atomic E-state index is 3.74. The van der Waals surface area contributed by atoms with Crippen molar-refractivity contribution in [2.24, 2.45) is 5.92 Å². The van der Waals surface area contributed by atoms with E-state index in [0.29, 0.717) is 6.04 Å². The van der Waals surface area contributed by atoms with Gasteiger partial charge in [0.25, 0.3) is 0 Å². The second-order valence-electron chi connectivity index (χ2n) is 5.44. The highest BCUT2D eigenvalue weighted by Crippen LogP contribution is 2.43. The molecule has 3 rings (SSSR count). The molecule has 1 heterocycles. The first kappa shape index (κ1) is 18.2. The smallest absolute Gasteiger partial charge is 0.0388 e. The highest BCUT2D eigenvalue weighted by atomic mass is 79.9. The molecule has 5 heteroatoms. The lowest BCUT2D eigenvalue weighted by Crippen LogP contribution is -2.47. The maximum Gasteiger partial charge on any atom is 0.0388 e. The predicted octanol–water partition coefficient (Wildman–Crippen LogP) is 4.04. The van der Waals surface area contributed by atoms with Crippen LogP contribution in [-0.2, 0) is 0 Å². The van der Waals surface area contributed by atoms with Crippen molar-refractivity contribution in [2.75, 3.05) is 26.2 Å². The number of piperazine rings is 1. The fraction of sp³-hybridized carbons (Fsp3) is 0.600. The van der Waals surface area contributed by atoms with Crippen LogP contribution in [0.1, 0.15) is 30.9 Å². The molecule has 1 N–H and O–H groups in total. The molecule has 0 unspecified atom stereocenters. The third-order valence-electron chi connectivity index (χ3n) is 4.37. The van der Waals surface area contributed by atoms with Crippen molar-refractivity contribution in [1.29, 1.82) is 0 Å². The van der Waals surface area contributed by atoms with Crippen molar-refractivity contribution in [2.45, 2.75) is 25.3 Å². The highest BCUT2D eigenvalue weighted by Gasteiger charge is 2.34. The normalized spacial score (nSPS) is 21.2. The third-order valence-corrected chi connectivity index (χ3v) is 5.09. The van der Waals surface area contributed by atoms with E-state index >= 15 is 0 Å². The molecule has 1 aliphatic heterocycles. The fourth-order valence-corrected chi connectivity index (χ4v) is 3.70. The Hall–Kier alpha value is 0.200. The van der Waals surface area contributed by atoms with Crippen LogP contribution in [0.15, 0.2) is 28.7 Å². The number of nitrogens with zero attached hydrogens (tertiary/aromatic N) is 1. The molecule has 1 saturated heterocycles. The van der Waals surface area contributed by atoms with Crippen LogP contribution < -0.4 is 5.32 Å². The van der Waals surface area contributed by atoms with Crippen LogP contribution in [0.5, 0.6) is 0 Å². The molecule has 114 valence electrons. The third kappa shape index (κ3) is 3.89. The summed E-state index contributed by atoms with van der Waals surface area (Å²) >= 11 is 3.74. The molecule has 2 nitrogen and oxygen atoms in total. The topological polar surface area (TPSA) is 15.3 Å². The van der Waals surface area contributed by atoms with E-state index in [-0.39, 0.29) is 24.8 Å². The Kier molecular flexibility index (Phi) is 7.84. The lowest BCUT2D eigenvalue weighted by atomic mass is 9.76. The van der Waals surface area contributed by atoms with Gasteiger partial charge in [0.15, 0.2) is 0 Å². The van der Waals surface area contributed by atoms with Gasteiger partial charge in [0.1, 0.15) is 0 Å². The van der Waals surface area contributed by atoms with Gasteiger partial charge in [-0.2, -0.15) is 0 Å². The van der Waals surface area contributed by atoms with Gasteiger partial charge < -0.3 is 5.32 Å². The Balaban J connectivity index is 0.000001000. The van der Waals surface area contributed by atoms with Crippen LogP contribution in [-0.4, -0.2) is 31.1 Å². The van der Waals surface area contributed by atoms with Crippen LogP contribution in [0.3, 0.4) is 0 Å². The van der Waals surface area contributed by atoms with E-state index in [1.165, 1.54) is 42.4 Å². The second kappa shape index (κ2) is 8.60. The van der Waals surface area contributed by atoms with Crippen LogP contribution >= 0.6 is 40.7 Å². The molecule has 0 amide bonds. The van der Waals surface area contributed by atoms with E-state index in [0.717, 1.165) is 19.0 Å². The van der Waals surface area contributed by atoms with E-state index in [9.17, 15) is 0 Å². The molecule has 0 spiro atoms. The number of hydrogen-bond acceptors (Lipinski definition) is 2. The second-order valence-corrected chi connectivity index (χ2v) is 6.30. The van der Waals surface area contributed by atoms with E-state index < -0.39 is 0 Å². The van der Waals surface area contributed by atoms with Gasteiger partial charge in [-0.3, -0.25) is 4.90 Å². The van der Waals surface area contributed by atoms with Crippen LogP contribution in [0, 0.1) is 5.92 Å². The Bertz CT molecular complexity index is 407. The number of hydrogen-bond donors (Lipinski definition) is 1. The Morgan fingerprint density at radius 3 is 2.30 bits per heavy atom. The van der Waals surface area contributed by atoms with Crippen LogP contribution in [0.25, 0.3) is 0 Å². The summed E-state index contributed by atoms with van der Waals surface area (Å²) in [4.78, 5) is 2.68. The molecule has 2 aliphatic rings. The zero-order valence-electron chi connectivity index (χ0n) is 11.6. The number of halogens is 3. The quantitative estimate of drug-likeness (QED) is 0.849. The number of benzene rings is 1. The molecule has 2 fully saturated rings. The van der Waals surface area contributed by atoms with E-state index in [1.54, 1.807) is 0 Å². The van der Waals surface area contributed by atoms with Crippen LogP contribution in [0.2, 0.25) is 0 Å². The van der Waals surface area contributed by atoms with Crippen molar-refractivity contribution in [3.05, 3.63) is 34.3 Å². The first-order valence-corrected chi connectivity index (χ1v) is 7.85. The molecule has 1 aromatic carbocycles. The summed E-state index contributed by atoms with van der Waals surface area (Å²) in [7, 11) is 0. The van der Waals surface area contributed by atoms with Gasteiger partial charge in [0.05, 0.1) is 0 Å². The van der Waals surface area contributed by atoms with Crippen molar-refractivity contribution >= 4 is 40.7 Å². The van der Waals surface area contributed by atoms with Crippen molar-refractivity contribution in [3.8, 4) is 0 Å². The molecule has 0 radical (unpaired) electrons. The summed E-state index contributed by atoms with van der Waals surface area (Å²) in [6, 6.07) is 9.39. The van der Waals surface area contributed by atoms with Crippen molar-refractivity contribution < 1.29 is 0 Å². The Labute approximate surface area is 142 Å². The van der Waals surface area contributed by atoms with Gasteiger partial charge in [-0.15, -0.1) is 24.8 Å². The summed E-state index contributed by atoms with van der Waals surface area (Å²) in [5.74, 6) is 0.863. The zero-order chi connectivity index (χ0) is 12.4. The fourth-order valence-electron chi connectivity index (χ4n) is 3.18. The van der Waals surface area contributed by atoms with Gasteiger partial charge in [0.2, 0.25) is 0 Å². The lowest BCUT2D eigenvalue weighted by molar-refractivity contribution is 0.0832. The van der Waals surface area contributed by atoms with E-state index in [2.05, 4.69) is 50.4 Å². The predicted molar refractivity (Wildman–Crippen MR) is 93.2 cm³/mol. The Morgan fingerprint density at radius 1 is 1.10 bits per heavy atom. The zero-order valence-corrected chi connectivity index (χ0v) is 14.8. The minimum Gasteiger partial charge on any atom is -0.314 e. The largest absolute Gasteiger partial charge is 0.314 e. The molecule has 0 aromatic heterocycles. The molecule has 1 aromatic rings. The summed E-state index contributed by atoms with van der Waals surface area (Å²) in [5.41, 5.74) is 1.49. The average molecular weight is 382 g/mol. The number of rotatable bonds is 3. The highest BCUT2D eigenvalue weighted by molar-refractivity contribution is 9.10. The standard InChI is InChI=1S/C15H21BrN2.2ClH/c16-14-7-2-1-6-13(14)15(12-4-3-5-12)18-10-8-17-9-11-18;;/h1-2,6-7,12,15,17H,3-5,8-11H2;2*1H/t15-;;/m0../s1. The van der Waals surface area contributed by atoms with Gasteiger partial charge in [-0.1, -0.05) is 40.5 Å². The van der Waals surface area contributed by atoms with Crippen molar-refractivity contribution in [3.63, 3.8) is 0 Å². The summed E-state index contributed by atoms with van der Waals surface area (Å²) in [6.45, 7) is 4.63. The summed E-state index contributed by atoms with van der Waals surface area (Å²) in [6.07, 6.45) is 4.21. The minimum absolute atomic E-state index is 0. The van der Waals surface area contributed by atoms with Gasteiger partial charge >= 0.3 is 0 Å². The lowest BCUT2D eigenvalue weighted by Gasteiger charge is -2.43. The first-order valence-electron chi connectivity index (χ1n) is 7.05. The SMILES string of the molecule is Brc1ccccc1[C@H](C1CCC1)N1CCNCC1.Cl.Cl. The van der Waals surface area contributed by atoms with Gasteiger partial charge in [-0.05, 0) is 30.4 Å². The average Bonchev–Trinajstić information content (AvgIpc) is 2.36. The molecule has 1 aliphatic carbocycles. The van der Waals surface area contributed by atoms with Crippen LogP contribution in [0.4, 0.5) is 0 Å². The number of nitrogens with one attached hydrogen (secondary N) is 1. The molecule has 0 bridgehead atoms. The maximum atomic E-state index is 3.74. The minimum atomic E-state index is 0. The molecular formula is C15H23BrCl2N2. The molecular weight excluding hydrogens is 359 g/mol. The van der Waals surface area contributed by atoms with Gasteiger partial charge in [-0.25, -0.2) is 0 Å².